The molecular weight excluding hydrogens is 198 g/mol. The van der Waals surface area contributed by atoms with Gasteiger partial charge in [-0.15, -0.1) is 6.42 Å². The molecule has 0 aliphatic carbocycles. The second-order valence-electron chi connectivity index (χ2n) is 3.29. The van der Waals surface area contributed by atoms with Crippen molar-refractivity contribution in [3.05, 3.63) is 0 Å². The summed E-state index contributed by atoms with van der Waals surface area (Å²) >= 11 is 0. The summed E-state index contributed by atoms with van der Waals surface area (Å²) in [4.78, 5) is 23.3. The molecule has 0 aromatic rings. The van der Waals surface area contributed by atoms with Crippen LogP contribution < -0.4 is 0 Å². The average molecular weight is 211 g/mol. The van der Waals surface area contributed by atoms with E-state index in [9.17, 15) is 9.59 Å². The maximum absolute atomic E-state index is 11.7. The van der Waals surface area contributed by atoms with Crippen LogP contribution in [0.4, 0.5) is 0 Å². The number of hydrogen-bond donors (Lipinski definition) is 1. The molecule has 0 radical (unpaired) electrons. The maximum Gasteiger partial charge on any atom is 0.323 e. The van der Waals surface area contributed by atoms with Crippen molar-refractivity contribution in [1.82, 2.24) is 4.90 Å². The zero-order chi connectivity index (χ0) is 11.3. The van der Waals surface area contributed by atoms with Crippen LogP contribution in [0.15, 0.2) is 0 Å². The highest BCUT2D eigenvalue weighted by Gasteiger charge is 2.28. The molecule has 5 heteroatoms. The number of rotatable bonds is 4. The van der Waals surface area contributed by atoms with E-state index in [1.807, 2.05) is 0 Å². The molecule has 0 spiro atoms. The third-order valence-corrected chi connectivity index (χ3v) is 2.13. The molecule has 1 amide bonds. The van der Waals surface area contributed by atoms with Crippen LogP contribution in [0.2, 0.25) is 0 Å². The number of carboxylic acid groups (broad SMARTS) is 1. The van der Waals surface area contributed by atoms with Crippen LogP contribution in [0, 0.1) is 12.3 Å². The maximum atomic E-state index is 11.7. The van der Waals surface area contributed by atoms with Crippen LogP contribution in [0.5, 0.6) is 0 Å². The van der Waals surface area contributed by atoms with E-state index < -0.39 is 12.1 Å². The van der Waals surface area contributed by atoms with Crippen LogP contribution in [0.1, 0.15) is 12.8 Å². The van der Waals surface area contributed by atoms with Gasteiger partial charge in [0, 0.05) is 6.61 Å². The van der Waals surface area contributed by atoms with Gasteiger partial charge in [0.15, 0.2) is 0 Å². The minimum atomic E-state index is -1.07. The molecule has 82 valence electrons. The van der Waals surface area contributed by atoms with Crippen LogP contribution in [-0.2, 0) is 14.3 Å². The Morgan fingerprint density at radius 1 is 1.60 bits per heavy atom. The standard InChI is InChI=1S/C10H13NO4/c1-2-5-11(7-9(12)13)10(14)8-4-3-6-15-8/h1,8H,3-7H2,(H,12,13). The predicted molar refractivity (Wildman–Crippen MR) is 52.0 cm³/mol. The Morgan fingerprint density at radius 2 is 2.33 bits per heavy atom. The van der Waals surface area contributed by atoms with Crippen molar-refractivity contribution in [2.45, 2.75) is 18.9 Å². The highest BCUT2D eigenvalue weighted by molar-refractivity contribution is 5.85. The topological polar surface area (TPSA) is 66.8 Å². The molecule has 0 saturated carbocycles. The molecule has 5 nitrogen and oxygen atoms in total. The third-order valence-electron chi connectivity index (χ3n) is 2.13. The van der Waals surface area contributed by atoms with Crippen molar-refractivity contribution < 1.29 is 19.4 Å². The predicted octanol–water partition coefficient (Wildman–Crippen LogP) is -0.288. The largest absolute Gasteiger partial charge is 0.480 e. The lowest BCUT2D eigenvalue weighted by Crippen LogP contribution is -2.42. The Bertz CT molecular complexity index is 288. The molecule has 1 N–H and O–H groups in total. The Balaban J connectivity index is 2.57. The number of amides is 1. The molecule has 1 fully saturated rings. The van der Waals surface area contributed by atoms with Gasteiger partial charge in [0.2, 0.25) is 0 Å². The lowest BCUT2D eigenvalue weighted by molar-refractivity contribution is -0.148. The Labute approximate surface area is 88.0 Å². The first kappa shape index (κ1) is 11.5. The Hall–Kier alpha value is -1.54. The van der Waals surface area contributed by atoms with E-state index in [0.29, 0.717) is 13.0 Å². The second kappa shape index (κ2) is 5.37. The monoisotopic (exact) mass is 211 g/mol. The first-order valence-electron chi connectivity index (χ1n) is 4.71. The molecule has 15 heavy (non-hydrogen) atoms. The van der Waals surface area contributed by atoms with E-state index in [1.165, 1.54) is 0 Å². The molecule has 0 aromatic carbocycles. The molecule has 1 heterocycles. The minimum Gasteiger partial charge on any atom is -0.480 e. The summed E-state index contributed by atoms with van der Waals surface area (Å²) in [6.45, 7) is 0.182. The number of terminal acetylenes is 1. The van der Waals surface area contributed by atoms with Crippen LogP contribution >= 0.6 is 0 Å². The Morgan fingerprint density at radius 3 is 2.80 bits per heavy atom. The fraction of sp³-hybridized carbons (Fsp3) is 0.600. The number of carbonyl (C=O) groups is 2. The van der Waals surface area contributed by atoms with Crippen molar-refractivity contribution in [2.24, 2.45) is 0 Å². The summed E-state index contributed by atoms with van der Waals surface area (Å²) in [5, 5.41) is 8.60. The van der Waals surface area contributed by atoms with Crippen molar-refractivity contribution in [2.75, 3.05) is 19.7 Å². The molecule has 1 unspecified atom stereocenters. The van der Waals surface area contributed by atoms with Gasteiger partial charge in [-0.2, -0.15) is 0 Å². The lowest BCUT2D eigenvalue weighted by Gasteiger charge is -2.21. The van der Waals surface area contributed by atoms with Crippen molar-refractivity contribution in [3.63, 3.8) is 0 Å². The fourth-order valence-corrected chi connectivity index (χ4v) is 1.46. The Kier molecular flexibility index (Phi) is 4.13. The normalized spacial score (nSPS) is 19.5. The molecule has 0 bridgehead atoms. The zero-order valence-electron chi connectivity index (χ0n) is 8.31. The molecule has 1 atom stereocenters. The first-order chi connectivity index (χ1) is 7.15. The van der Waals surface area contributed by atoms with Crippen molar-refractivity contribution in [3.8, 4) is 12.3 Å². The third kappa shape index (κ3) is 3.26. The van der Waals surface area contributed by atoms with Crippen molar-refractivity contribution in [1.29, 1.82) is 0 Å². The van der Waals surface area contributed by atoms with E-state index in [2.05, 4.69) is 5.92 Å². The summed E-state index contributed by atoms with van der Waals surface area (Å²) in [5.41, 5.74) is 0. The number of nitrogens with zero attached hydrogens (tertiary/aromatic N) is 1. The van der Waals surface area contributed by atoms with Crippen LogP contribution in [0.25, 0.3) is 0 Å². The second-order valence-corrected chi connectivity index (χ2v) is 3.29. The van der Waals surface area contributed by atoms with Crippen LogP contribution in [0.3, 0.4) is 0 Å². The highest BCUT2D eigenvalue weighted by Crippen LogP contribution is 2.14. The summed E-state index contributed by atoms with van der Waals surface area (Å²) in [5.74, 6) is 0.865. The van der Waals surface area contributed by atoms with Crippen LogP contribution in [-0.4, -0.2) is 47.7 Å². The smallest absolute Gasteiger partial charge is 0.323 e. The van der Waals surface area contributed by atoms with Gasteiger partial charge in [-0.1, -0.05) is 5.92 Å². The van der Waals surface area contributed by atoms with E-state index in [0.717, 1.165) is 11.3 Å². The van der Waals surface area contributed by atoms with Gasteiger partial charge in [0.1, 0.15) is 12.6 Å². The zero-order valence-corrected chi connectivity index (χ0v) is 8.31. The summed E-state index contributed by atoms with van der Waals surface area (Å²) in [6.07, 6.45) is 6.01. The summed E-state index contributed by atoms with van der Waals surface area (Å²) < 4.78 is 5.17. The lowest BCUT2D eigenvalue weighted by atomic mass is 10.2. The van der Waals surface area contributed by atoms with Gasteiger partial charge >= 0.3 is 5.97 Å². The molecule has 1 saturated heterocycles. The summed E-state index contributed by atoms with van der Waals surface area (Å²) in [6, 6.07) is 0. The molecule has 1 aliphatic heterocycles. The van der Waals surface area contributed by atoms with Gasteiger partial charge in [-0.25, -0.2) is 0 Å². The highest BCUT2D eigenvalue weighted by atomic mass is 16.5. The molecule has 0 aromatic heterocycles. The minimum absolute atomic E-state index is 0.00495. The number of hydrogen-bond acceptors (Lipinski definition) is 3. The number of aliphatic carboxylic acids is 1. The van der Waals surface area contributed by atoms with E-state index in [4.69, 9.17) is 16.3 Å². The SMILES string of the molecule is C#CCN(CC(=O)O)C(=O)C1CCCO1. The molecule has 1 rings (SSSR count). The van der Waals surface area contributed by atoms with Gasteiger partial charge in [-0.05, 0) is 12.8 Å². The van der Waals surface area contributed by atoms with Gasteiger partial charge in [0.25, 0.3) is 5.91 Å². The number of ether oxygens (including phenoxy) is 1. The van der Waals surface area contributed by atoms with E-state index in [-0.39, 0.29) is 19.0 Å². The van der Waals surface area contributed by atoms with Gasteiger partial charge in [-0.3, -0.25) is 9.59 Å². The van der Waals surface area contributed by atoms with Gasteiger partial charge in [0.05, 0.1) is 6.54 Å². The van der Waals surface area contributed by atoms with Gasteiger partial charge < -0.3 is 14.7 Å². The fourth-order valence-electron chi connectivity index (χ4n) is 1.46. The average Bonchev–Trinajstić information content (AvgIpc) is 2.68. The van der Waals surface area contributed by atoms with E-state index in [1.54, 1.807) is 0 Å². The molecular formula is C10H13NO4. The van der Waals surface area contributed by atoms with Crippen molar-refractivity contribution >= 4 is 11.9 Å². The molecule has 1 aliphatic rings. The quantitative estimate of drug-likeness (QED) is 0.649. The van der Waals surface area contributed by atoms with E-state index >= 15 is 0 Å². The number of carboxylic acids is 1. The first-order valence-corrected chi connectivity index (χ1v) is 4.71. The number of carbonyl (C=O) groups excluding carboxylic acids is 1. The summed E-state index contributed by atoms with van der Waals surface area (Å²) in [7, 11) is 0.